The fourth-order valence-electron chi connectivity index (χ4n) is 1.91. The fourth-order valence-corrected chi connectivity index (χ4v) is 1.91. The summed E-state index contributed by atoms with van der Waals surface area (Å²) >= 11 is 0. The third-order valence-electron chi connectivity index (χ3n) is 3.21. The van der Waals surface area contributed by atoms with Crippen molar-refractivity contribution in [2.45, 2.75) is 6.54 Å². The van der Waals surface area contributed by atoms with Gasteiger partial charge in [0.15, 0.2) is 0 Å². The molecule has 0 spiro atoms. The van der Waals surface area contributed by atoms with Crippen molar-refractivity contribution >= 4 is 17.9 Å². The highest BCUT2D eigenvalue weighted by atomic mass is 19.1. The van der Waals surface area contributed by atoms with Crippen molar-refractivity contribution in [3.63, 3.8) is 0 Å². The average Bonchev–Trinajstić information content (AvgIpc) is 2.59. The lowest BCUT2D eigenvalue weighted by atomic mass is 10.1. The monoisotopic (exact) mass is 312 g/mol. The molecule has 5 heteroatoms. The molecule has 0 fully saturated rings. The molecule has 2 aromatic carbocycles. The van der Waals surface area contributed by atoms with Crippen LogP contribution in [0.5, 0.6) is 0 Å². The van der Waals surface area contributed by atoms with E-state index in [9.17, 15) is 14.0 Å². The second-order valence-electron chi connectivity index (χ2n) is 4.88. The number of amides is 2. The second-order valence-corrected chi connectivity index (χ2v) is 4.88. The number of benzene rings is 2. The van der Waals surface area contributed by atoms with E-state index in [4.69, 9.17) is 0 Å². The molecule has 0 radical (unpaired) electrons. The van der Waals surface area contributed by atoms with E-state index in [1.165, 1.54) is 18.2 Å². The Labute approximate surface area is 134 Å². The van der Waals surface area contributed by atoms with Crippen LogP contribution in [0.15, 0.2) is 54.6 Å². The SMILES string of the molecule is CNC(=O)c1ccc(CNC(=O)/C=C/c2ccc(F)cc2)cc1. The summed E-state index contributed by atoms with van der Waals surface area (Å²) in [7, 11) is 1.57. The van der Waals surface area contributed by atoms with Gasteiger partial charge in [-0.2, -0.15) is 0 Å². The summed E-state index contributed by atoms with van der Waals surface area (Å²) < 4.78 is 12.8. The number of carbonyl (C=O) groups excluding carboxylic acids is 2. The van der Waals surface area contributed by atoms with E-state index < -0.39 is 0 Å². The molecule has 0 aliphatic heterocycles. The Morgan fingerprint density at radius 2 is 1.70 bits per heavy atom. The highest BCUT2D eigenvalue weighted by Gasteiger charge is 2.02. The van der Waals surface area contributed by atoms with Gasteiger partial charge < -0.3 is 10.6 Å². The number of halogens is 1. The predicted molar refractivity (Wildman–Crippen MR) is 87.1 cm³/mol. The number of hydrogen-bond donors (Lipinski definition) is 2. The van der Waals surface area contributed by atoms with Gasteiger partial charge in [0.2, 0.25) is 5.91 Å². The van der Waals surface area contributed by atoms with Gasteiger partial charge in [0.25, 0.3) is 5.91 Å². The molecule has 0 saturated carbocycles. The van der Waals surface area contributed by atoms with Gasteiger partial charge in [0.1, 0.15) is 5.82 Å². The normalized spacial score (nSPS) is 10.5. The third kappa shape index (κ3) is 5.07. The van der Waals surface area contributed by atoms with Crippen LogP contribution in [0.3, 0.4) is 0 Å². The molecule has 23 heavy (non-hydrogen) atoms. The summed E-state index contributed by atoms with van der Waals surface area (Å²) in [4.78, 5) is 23.2. The van der Waals surface area contributed by atoms with Gasteiger partial charge in [0, 0.05) is 25.2 Å². The van der Waals surface area contributed by atoms with Crippen LogP contribution in [0.2, 0.25) is 0 Å². The van der Waals surface area contributed by atoms with Gasteiger partial charge in [-0.25, -0.2) is 4.39 Å². The molecule has 2 rings (SSSR count). The molecule has 118 valence electrons. The molecule has 2 aromatic rings. The van der Waals surface area contributed by atoms with Gasteiger partial charge in [-0.3, -0.25) is 9.59 Å². The van der Waals surface area contributed by atoms with Gasteiger partial charge in [0.05, 0.1) is 0 Å². The lowest BCUT2D eigenvalue weighted by Crippen LogP contribution is -2.20. The first-order chi connectivity index (χ1) is 11.1. The van der Waals surface area contributed by atoms with E-state index >= 15 is 0 Å². The third-order valence-corrected chi connectivity index (χ3v) is 3.21. The van der Waals surface area contributed by atoms with Crippen LogP contribution in [-0.2, 0) is 11.3 Å². The van der Waals surface area contributed by atoms with Crippen LogP contribution in [0.1, 0.15) is 21.5 Å². The van der Waals surface area contributed by atoms with Crippen LogP contribution in [0, 0.1) is 5.82 Å². The molecule has 0 aliphatic carbocycles. The number of nitrogens with one attached hydrogen (secondary N) is 2. The Balaban J connectivity index is 1.86. The molecule has 0 saturated heterocycles. The minimum absolute atomic E-state index is 0.150. The minimum Gasteiger partial charge on any atom is -0.355 e. The number of carbonyl (C=O) groups is 2. The van der Waals surface area contributed by atoms with Crippen LogP contribution >= 0.6 is 0 Å². The maximum atomic E-state index is 12.8. The molecule has 2 amide bonds. The molecule has 0 bridgehead atoms. The largest absolute Gasteiger partial charge is 0.355 e. The van der Waals surface area contributed by atoms with Crippen molar-refractivity contribution in [3.05, 3.63) is 77.1 Å². The number of hydrogen-bond acceptors (Lipinski definition) is 2. The van der Waals surface area contributed by atoms with E-state index in [0.29, 0.717) is 12.1 Å². The molecular formula is C18H17FN2O2. The van der Waals surface area contributed by atoms with E-state index in [1.54, 1.807) is 49.5 Å². The summed E-state index contributed by atoms with van der Waals surface area (Å²) in [5.74, 6) is -0.709. The van der Waals surface area contributed by atoms with Gasteiger partial charge in [-0.05, 0) is 41.5 Å². The average molecular weight is 312 g/mol. The van der Waals surface area contributed by atoms with Crippen molar-refractivity contribution in [1.29, 1.82) is 0 Å². The Morgan fingerprint density at radius 1 is 1.04 bits per heavy atom. The summed E-state index contributed by atoms with van der Waals surface area (Å²) in [5, 5.41) is 5.29. The van der Waals surface area contributed by atoms with Crippen LogP contribution in [-0.4, -0.2) is 18.9 Å². The van der Waals surface area contributed by atoms with E-state index in [0.717, 1.165) is 11.1 Å². The van der Waals surface area contributed by atoms with E-state index in [2.05, 4.69) is 10.6 Å². The van der Waals surface area contributed by atoms with Gasteiger partial charge >= 0.3 is 0 Å². The maximum absolute atomic E-state index is 12.8. The zero-order valence-electron chi connectivity index (χ0n) is 12.7. The van der Waals surface area contributed by atoms with Crippen molar-refractivity contribution in [1.82, 2.24) is 10.6 Å². The van der Waals surface area contributed by atoms with Crippen molar-refractivity contribution < 1.29 is 14.0 Å². The topological polar surface area (TPSA) is 58.2 Å². The van der Waals surface area contributed by atoms with Gasteiger partial charge in [-0.15, -0.1) is 0 Å². The zero-order valence-corrected chi connectivity index (χ0v) is 12.7. The van der Waals surface area contributed by atoms with E-state index in [-0.39, 0.29) is 17.6 Å². The van der Waals surface area contributed by atoms with Crippen molar-refractivity contribution in [2.75, 3.05) is 7.05 Å². The maximum Gasteiger partial charge on any atom is 0.251 e. The summed E-state index contributed by atoms with van der Waals surface area (Å²) in [6, 6.07) is 12.8. The Kier molecular flexibility index (Phi) is 5.63. The van der Waals surface area contributed by atoms with Gasteiger partial charge in [-0.1, -0.05) is 24.3 Å². The quantitative estimate of drug-likeness (QED) is 0.834. The highest BCUT2D eigenvalue weighted by molar-refractivity contribution is 5.94. The Morgan fingerprint density at radius 3 is 2.30 bits per heavy atom. The second kappa shape index (κ2) is 7.89. The molecule has 0 heterocycles. The molecule has 0 atom stereocenters. The predicted octanol–water partition coefficient (Wildman–Crippen LogP) is 2.51. The van der Waals surface area contributed by atoms with Crippen LogP contribution < -0.4 is 10.6 Å². The smallest absolute Gasteiger partial charge is 0.251 e. The molecule has 0 aromatic heterocycles. The molecule has 0 unspecified atom stereocenters. The lowest BCUT2D eigenvalue weighted by molar-refractivity contribution is -0.116. The molecule has 2 N–H and O–H groups in total. The summed E-state index contributed by atoms with van der Waals surface area (Å²) in [6.07, 6.45) is 3.01. The van der Waals surface area contributed by atoms with Crippen LogP contribution in [0.4, 0.5) is 4.39 Å². The lowest BCUT2D eigenvalue weighted by Gasteiger charge is -2.04. The summed E-state index contributed by atoms with van der Waals surface area (Å²) in [5.41, 5.74) is 2.21. The van der Waals surface area contributed by atoms with Crippen molar-refractivity contribution in [2.24, 2.45) is 0 Å². The molecule has 4 nitrogen and oxygen atoms in total. The first-order valence-electron chi connectivity index (χ1n) is 7.11. The zero-order chi connectivity index (χ0) is 16.7. The molecular weight excluding hydrogens is 295 g/mol. The minimum atomic E-state index is -0.313. The molecule has 0 aliphatic rings. The summed E-state index contributed by atoms with van der Waals surface area (Å²) in [6.45, 7) is 0.362. The van der Waals surface area contributed by atoms with Crippen molar-refractivity contribution in [3.8, 4) is 0 Å². The standard InChI is InChI=1S/C18H17FN2O2/c1-20-18(23)15-7-2-14(3-8-15)12-21-17(22)11-6-13-4-9-16(19)10-5-13/h2-11H,12H2,1H3,(H,20,23)(H,21,22)/b11-6+. The number of rotatable bonds is 5. The first-order valence-corrected chi connectivity index (χ1v) is 7.11. The van der Waals surface area contributed by atoms with E-state index in [1.807, 2.05) is 0 Å². The first kappa shape index (κ1) is 16.4. The Hall–Kier alpha value is -2.95. The fraction of sp³-hybridized carbons (Fsp3) is 0.111. The highest BCUT2D eigenvalue weighted by Crippen LogP contribution is 2.06. The van der Waals surface area contributed by atoms with Crippen LogP contribution in [0.25, 0.3) is 6.08 Å². The Bertz CT molecular complexity index is 707.